The summed E-state index contributed by atoms with van der Waals surface area (Å²) >= 11 is 6.66. The van der Waals surface area contributed by atoms with Gasteiger partial charge in [0.25, 0.3) is 5.56 Å². The molecule has 1 aromatic heterocycles. The molecule has 31 heavy (non-hydrogen) atoms. The molecule has 0 bridgehead atoms. The van der Waals surface area contributed by atoms with Crippen molar-refractivity contribution in [1.29, 1.82) is 0 Å². The predicted molar refractivity (Wildman–Crippen MR) is 117 cm³/mol. The highest BCUT2D eigenvalue weighted by atomic mass is 35.5. The van der Waals surface area contributed by atoms with Crippen LogP contribution in [0.5, 0.6) is 5.75 Å². The third kappa shape index (κ3) is 3.07. The van der Waals surface area contributed by atoms with Gasteiger partial charge in [-0.3, -0.25) is 9.36 Å². The molecule has 2 aromatic carbocycles. The van der Waals surface area contributed by atoms with Crippen LogP contribution in [0.4, 0.5) is 10.1 Å². The van der Waals surface area contributed by atoms with Gasteiger partial charge in [0.05, 0.1) is 21.6 Å². The van der Waals surface area contributed by atoms with Gasteiger partial charge in [-0.1, -0.05) is 23.7 Å². The fourth-order valence-electron chi connectivity index (χ4n) is 4.47. The van der Waals surface area contributed by atoms with Crippen LogP contribution in [0.2, 0.25) is 5.02 Å². The van der Waals surface area contributed by atoms with E-state index >= 15 is 4.39 Å². The van der Waals surface area contributed by atoms with E-state index in [1.807, 2.05) is 0 Å². The van der Waals surface area contributed by atoms with Gasteiger partial charge in [0.2, 0.25) is 0 Å². The van der Waals surface area contributed by atoms with E-state index in [0.29, 0.717) is 17.8 Å². The number of nitrogens with zero attached hydrogens (tertiary/aromatic N) is 3. The molecule has 5 N–H and O–H groups in total. The average molecular weight is 446 g/mol. The van der Waals surface area contributed by atoms with Crippen molar-refractivity contribution in [3.8, 4) is 5.75 Å². The smallest absolute Gasteiger partial charge is 0.350 e. The number of aromatic nitrogens is 2. The lowest BCUT2D eigenvalue weighted by atomic mass is 9.95. The van der Waals surface area contributed by atoms with E-state index < -0.39 is 17.1 Å². The first-order chi connectivity index (χ1) is 14.8. The van der Waals surface area contributed by atoms with Crippen molar-refractivity contribution >= 4 is 28.2 Å². The van der Waals surface area contributed by atoms with Crippen molar-refractivity contribution in [1.82, 2.24) is 9.24 Å². The molecule has 8 nitrogen and oxygen atoms in total. The van der Waals surface area contributed by atoms with E-state index in [1.165, 1.54) is 4.57 Å². The third-order valence-corrected chi connectivity index (χ3v) is 6.54. The standard InChI is InChI=1S/C21H21ClFN5O3/c22-17-18-13(20(30)28(25)21(31)27(18)11-3-4-11)7-15(23)19(17)26-8-14(16(24)9-26)10-1-5-12(29)6-2-10/h1-2,5-7,11,14,16,29H,3-4,8-9,24-25H2/t14-,16+/m0/s1. The third-order valence-electron chi connectivity index (χ3n) is 6.19. The highest BCUT2D eigenvalue weighted by Crippen LogP contribution is 2.42. The summed E-state index contributed by atoms with van der Waals surface area (Å²) in [4.78, 5) is 27.0. The number of aromatic hydroxyl groups is 1. The quantitative estimate of drug-likeness (QED) is 0.527. The van der Waals surface area contributed by atoms with E-state index in [0.717, 1.165) is 24.5 Å². The fraction of sp³-hybridized carbons (Fsp3) is 0.333. The molecule has 2 atom stereocenters. The van der Waals surface area contributed by atoms with Gasteiger partial charge < -0.3 is 21.6 Å². The van der Waals surface area contributed by atoms with Crippen LogP contribution in [-0.2, 0) is 0 Å². The van der Waals surface area contributed by atoms with E-state index in [2.05, 4.69) is 0 Å². The number of benzene rings is 2. The van der Waals surface area contributed by atoms with Crippen LogP contribution in [0.3, 0.4) is 0 Å². The first-order valence-electron chi connectivity index (χ1n) is 10.0. The van der Waals surface area contributed by atoms with Crippen LogP contribution in [0.25, 0.3) is 10.9 Å². The topological polar surface area (TPSA) is 120 Å². The Balaban J connectivity index is 1.65. The van der Waals surface area contributed by atoms with E-state index in [-0.39, 0.29) is 45.4 Å². The van der Waals surface area contributed by atoms with Crippen LogP contribution in [0.15, 0.2) is 39.9 Å². The van der Waals surface area contributed by atoms with E-state index in [1.54, 1.807) is 29.2 Å². The summed E-state index contributed by atoms with van der Waals surface area (Å²) in [5.74, 6) is 5.02. The normalized spacial score (nSPS) is 21.2. The number of hydrogen-bond donors (Lipinski definition) is 3. The fourth-order valence-corrected chi connectivity index (χ4v) is 4.88. The number of nitrogen functional groups attached to an aromatic ring is 1. The Labute approximate surface area is 181 Å². The van der Waals surface area contributed by atoms with Crippen molar-refractivity contribution in [2.24, 2.45) is 5.73 Å². The molecule has 1 aliphatic carbocycles. The Morgan fingerprint density at radius 3 is 2.45 bits per heavy atom. The molecule has 5 rings (SSSR count). The van der Waals surface area contributed by atoms with Crippen LogP contribution in [-0.4, -0.2) is 33.5 Å². The highest BCUT2D eigenvalue weighted by Gasteiger charge is 2.36. The molecule has 1 saturated heterocycles. The van der Waals surface area contributed by atoms with Gasteiger partial charge in [0.15, 0.2) is 0 Å². The lowest BCUT2D eigenvalue weighted by molar-refractivity contribution is 0.474. The Morgan fingerprint density at radius 1 is 1.13 bits per heavy atom. The number of phenolic OH excluding ortho intramolecular Hbond substituents is 1. The number of fused-ring (bicyclic) bond motifs is 1. The molecule has 0 spiro atoms. The Bertz CT molecular complexity index is 1320. The summed E-state index contributed by atoms with van der Waals surface area (Å²) in [6, 6.07) is 7.43. The number of halogens is 2. The number of nitrogens with two attached hydrogens (primary N) is 2. The molecular formula is C21H21ClFN5O3. The second-order valence-electron chi connectivity index (χ2n) is 8.24. The summed E-state index contributed by atoms with van der Waals surface area (Å²) in [6.07, 6.45) is 1.52. The lowest BCUT2D eigenvalue weighted by Gasteiger charge is -2.23. The largest absolute Gasteiger partial charge is 0.508 e. The Morgan fingerprint density at radius 2 is 1.81 bits per heavy atom. The first-order valence-corrected chi connectivity index (χ1v) is 10.4. The summed E-state index contributed by atoms with van der Waals surface area (Å²) in [6.45, 7) is 0.741. The summed E-state index contributed by atoms with van der Waals surface area (Å²) < 4.78 is 17.1. The Kier molecular flexibility index (Phi) is 4.49. The molecule has 2 heterocycles. The summed E-state index contributed by atoms with van der Waals surface area (Å²) in [7, 11) is 0. The van der Waals surface area contributed by atoms with Gasteiger partial charge in [-0.25, -0.2) is 9.18 Å². The van der Waals surface area contributed by atoms with Crippen molar-refractivity contribution in [2.45, 2.75) is 30.8 Å². The molecular weight excluding hydrogens is 425 g/mol. The molecule has 2 aliphatic rings. The van der Waals surface area contributed by atoms with Gasteiger partial charge in [-0.05, 0) is 36.6 Å². The van der Waals surface area contributed by atoms with Crippen molar-refractivity contribution < 1.29 is 9.50 Å². The number of phenols is 1. The number of rotatable bonds is 3. The molecule has 0 unspecified atom stereocenters. The number of hydrogen-bond acceptors (Lipinski definition) is 6. The maximum atomic E-state index is 15.2. The molecule has 2 fully saturated rings. The van der Waals surface area contributed by atoms with Crippen molar-refractivity contribution in [3.05, 3.63) is 67.6 Å². The van der Waals surface area contributed by atoms with Crippen LogP contribution in [0, 0.1) is 5.82 Å². The Hall–Kier alpha value is -3.04. The zero-order valence-electron chi connectivity index (χ0n) is 16.5. The molecule has 162 valence electrons. The van der Waals surface area contributed by atoms with Gasteiger partial charge in [-0.2, -0.15) is 4.68 Å². The SMILES string of the molecule is N[C@@H]1CN(c2c(F)cc3c(=O)n(N)c(=O)n(C4CC4)c3c2Cl)C[C@H]1c1ccc(O)cc1. The maximum Gasteiger partial charge on any atom is 0.350 e. The second kappa shape index (κ2) is 7.00. The zero-order chi connectivity index (χ0) is 22.0. The molecule has 0 amide bonds. The summed E-state index contributed by atoms with van der Waals surface area (Å²) in [5.41, 5.74) is 6.15. The van der Waals surface area contributed by atoms with E-state index in [4.69, 9.17) is 23.2 Å². The molecule has 0 radical (unpaired) electrons. The highest BCUT2D eigenvalue weighted by molar-refractivity contribution is 6.38. The molecule has 3 aromatic rings. The lowest BCUT2D eigenvalue weighted by Crippen LogP contribution is -2.44. The number of anilines is 1. The van der Waals surface area contributed by atoms with Crippen LogP contribution < -0.4 is 27.7 Å². The van der Waals surface area contributed by atoms with E-state index in [9.17, 15) is 14.7 Å². The molecule has 1 saturated carbocycles. The minimum absolute atomic E-state index is 0.00950. The van der Waals surface area contributed by atoms with Crippen LogP contribution in [0.1, 0.15) is 30.4 Å². The van der Waals surface area contributed by atoms with Gasteiger partial charge in [0.1, 0.15) is 11.6 Å². The maximum absolute atomic E-state index is 15.2. The van der Waals surface area contributed by atoms with Crippen LogP contribution >= 0.6 is 11.6 Å². The van der Waals surface area contributed by atoms with Crippen molar-refractivity contribution in [2.75, 3.05) is 23.8 Å². The second-order valence-corrected chi connectivity index (χ2v) is 8.62. The predicted octanol–water partition coefficient (Wildman–Crippen LogP) is 1.64. The zero-order valence-corrected chi connectivity index (χ0v) is 17.2. The van der Waals surface area contributed by atoms with Gasteiger partial charge >= 0.3 is 5.69 Å². The van der Waals surface area contributed by atoms with Crippen molar-refractivity contribution in [3.63, 3.8) is 0 Å². The molecule has 10 heteroatoms. The van der Waals surface area contributed by atoms with Gasteiger partial charge in [-0.15, -0.1) is 0 Å². The molecule has 1 aliphatic heterocycles. The van der Waals surface area contributed by atoms with Gasteiger partial charge in [0, 0.05) is 31.1 Å². The minimum atomic E-state index is -0.788. The minimum Gasteiger partial charge on any atom is -0.508 e. The summed E-state index contributed by atoms with van der Waals surface area (Å²) in [5, 5.41) is 9.52. The average Bonchev–Trinajstić information content (AvgIpc) is 3.50. The monoisotopic (exact) mass is 445 g/mol. The first kappa shape index (κ1) is 19.9.